The third kappa shape index (κ3) is 4.75. The highest BCUT2D eigenvalue weighted by Crippen LogP contribution is 2.32. The smallest absolute Gasteiger partial charge is 0.274 e. The van der Waals surface area contributed by atoms with Crippen LogP contribution in [-0.2, 0) is 28.9 Å². The molecule has 0 unspecified atom stereocenters. The van der Waals surface area contributed by atoms with Crippen LogP contribution in [-0.4, -0.2) is 69.8 Å². The second-order valence-corrected chi connectivity index (χ2v) is 10.2. The molecule has 2 aromatic rings. The molecule has 0 bridgehead atoms. The Labute approximate surface area is 208 Å². The van der Waals surface area contributed by atoms with Gasteiger partial charge in [0.1, 0.15) is 12.4 Å². The molecule has 5 rings (SSSR count). The van der Waals surface area contributed by atoms with Crippen LogP contribution in [0.25, 0.3) is 0 Å². The number of piperidine rings is 1. The lowest BCUT2D eigenvalue weighted by Gasteiger charge is -2.35. The normalized spacial score (nSPS) is 22.7. The number of hydrogen-bond acceptors (Lipinski definition) is 4. The number of hydrogen-bond donors (Lipinski definition) is 0. The van der Waals surface area contributed by atoms with Gasteiger partial charge in [-0.2, -0.15) is 5.10 Å². The number of morpholine rings is 1. The van der Waals surface area contributed by atoms with Gasteiger partial charge < -0.3 is 14.5 Å². The largest absolute Gasteiger partial charge is 0.372 e. The molecule has 1 aromatic heterocycles. The molecule has 3 aliphatic rings. The number of rotatable bonds is 4. The van der Waals surface area contributed by atoms with Gasteiger partial charge >= 0.3 is 0 Å². The summed E-state index contributed by atoms with van der Waals surface area (Å²) < 4.78 is 48.9. The Morgan fingerprint density at radius 1 is 1.03 bits per heavy atom. The summed E-state index contributed by atoms with van der Waals surface area (Å²) in [6, 6.07) is 1.58. The van der Waals surface area contributed by atoms with Gasteiger partial charge in [-0.05, 0) is 63.5 Å². The Kier molecular flexibility index (Phi) is 6.80. The SMILES string of the molecule is C[C@@H]1CN(C(=O)c2nn(CC(=O)N3CCC(c4cc(F)cc(F)c4F)CC3)c3c2CCC3)C[C@H](C)O1. The molecule has 7 nitrogen and oxygen atoms in total. The van der Waals surface area contributed by atoms with Gasteiger partial charge in [-0.15, -0.1) is 0 Å². The fourth-order valence-corrected chi connectivity index (χ4v) is 5.85. The third-order valence-corrected chi connectivity index (χ3v) is 7.51. The summed E-state index contributed by atoms with van der Waals surface area (Å²) in [6.45, 7) is 5.65. The van der Waals surface area contributed by atoms with E-state index in [2.05, 4.69) is 5.10 Å². The molecule has 1 aromatic carbocycles. The Morgan fingerprint density at radius 3 is 2.42 bits per heavy atom. The maximum absolute atomic E-state index is 14.2. The van der Waals surface area contributed by atoms with Crippen LogP contribution in [0.3, 0.4) is 0 Å². The number of benzene rings is 1. The van der Waals surface area contributed by atoms with Gasteiger partial charge in [0.25, 0.3) is 5.91 Å². The first kappa shape index (κ1) is 24.8. The van der Waals surface area contributed by atoms with Crippen molar-refractivity contribution in [1.82, 2.24) is 19.6 Å². The summed E-state index contributed by atoms with van der Waals surface area (Å²) in [7, 11) is 0. The number of halogens is 3. The topological polar surface area (TPSA) is 67.7 Å². The number of carbonyl (C=O) groups is 2. The first-order chi connectivity index (χ1) is 17.2. The molecule has 194 valence electrons. The number of nitrogens with zero attached hydrogens (tertiary/aromatic N) is 4. The summed E-state index contributed by atoms with van der Waals surface area (Å²) in [5.74, 6) is -3.62. The molecule has 2 fully saturated rings. The number of ether oxygens (including phenoxy) is 1. The van der Waals surface area contributed by atoms with Crippen LogP contribution < -0.4 is 0 Å². The van der Waals surface area contributed by atoms with E-state index in [1.54, 1.807) is 14.5 Å². The van der Waals surface area contributed by atoms with Crippen LogP contribution in [0.2, 0.25) is 0 Å². The zero-order valence-corrected chi connectivity index (χ0v) is 20.6. The van der Waals surface area contributed by atoms with Crippen LogP contribution >= 0.6 is 0 Å². The van der Waals surface area contributed by atoms with Crippen molar-refractivity contribution >= 4 is 11.8 Å². The van der Waals surface area contributed by atoms with E-state index in [1.807, 2.05) is 13.8 Å². The Morgan fingerprint density at radius 2 is 1.72 bits per heavy atom. The fraction of sp³-hybridized carbons (Fsp3) is 0.577. The first-order valence-corrected chi connectivity index (χ1v) is 12.7. The van der Waals surface area contributed by atoms with Gasteiger partial charge in [-0.3, -0.25) is 14.3 Å². The van der Waals surface area contributed by atoms with E-state index in [9.17, 15) is 22.8 Å². The lowest BCUT2D eigenvalue weighted by atomic mass is 9.89. The Hall–Kier alpha value is -2.88. The van der Waals surface area contributed by atoms with Crippen LogP contribution in [0.5, 0.6) is 0 Å². The highest BCUT2D eigenvalue weighted by molar-refractivity contribution is 5.94. The van der Waals surface area contributed by atoms with Gasteiger partial charge in [-0.1, -0.05) is 0 Å². The minimum atomic E-state index is -1.19. The summed E-state index contributed by atoms with van der Waals surface area (Å²) in [5, 5.41) is 4.59. The Balaban J connectivity index is 1.26. The second-order valence-electron chi connectivity index (χ2n) is 10.2. The number of aromatic nitrogens is 2. The van der Waals surface area contributed by atoms with Gasteiger partial charge in [0.05, 0.1) is 12.2 Å². The number of carbonyl (C=O) groups excluding carboxylic acids is 2. The lowest BCUT2D eigenvalue weighted by Crippen LogP contribution is -2.48. The molecular weight excluding hydrogens is 473 g/mol. The van der Waals surface area contributed by atoms with E-state index >= 15 is 0 Å². The van der Waals surface area contributed by atoms with Crippen molar-refractivity contribution in [2.24, 2.45) is 0 Å². The zero-order valence-electron chi connectivity index (χ0n) is 20.6. The van der Waals surface area contributed by atoms with E-state index in [0.717, 1.165) is 36.6 Å². The molecule has 2 amide bonds. The molecule has 2 atom stereocenters. The lowest BCUT2D eigenvalue weighted by molar-refractivity contribution is -0.133. The second kappa shape index (κ2) is 9.88. The molecule has 3 heterocycles. The summed E-state index contributed by atoms with van der Waals surface area (Å²) >= 11 is 0. The highest BCUT2D eigenvalue weighted by Gasteiger charge is 2.34. The van der Waals surface area contributed by atoms with Gasteiger partial charge in [-0.25, -0.2) is 13.2 Å². The average molecular weight is 505 g/mol. The van der Waals surface area contributed by atoms with Gasteiger partial charge in [0.2, 0.25) is 5.91 Å². The van der Waals surface area contributed by atoms with Crippen LogP contribution in [0, 0.1) is 17.5 Å². The van der Waals surface area contributed by atoms with E-state index in [4.69, 9.17) is 4.74 Å². The molecule has 2 aliphatic heterocycles. The average Bonchev–Trinajstić information content (AvgIpc) is 3.44. The molecule has 2 saturated heterocycles. The maximum atomic E-state index is 14.2. The van der Waals surface area contributed by atoms with Crippen molar-refractivity contribution in [1.29, 1.82) is 0 Å². The predicted molar refractivity (Wildman–Crippen MR) is 125 cm³/mol. The summed E-state index contributed by atoms with van der Waals surface area (Å²) in [4.78, 5) is 29.9. The van der Waals surface area contributed by atoms with E-state index < -0.39 is 17.5 Å². The fourth-order valence-electron chi connectivity index (χ4n) is 5.85. The van der Waals surface area contributed by atoms with Crippen molar-refractivity contribution in [2.45, 2.75) is 70.6 Å². The van der Waals surface area contributed by atoms with Crippen molar-refractivity contribution in [3.05, 3.63) is 52.1 Å². The minimum Gasteiger partial charge on any atom is -0.372 e. The molecule has 0 saturated carbocycles. The van der Waals surface area contributed by atoms with Crippen molar-refractivity contribution < 1.29 is 27.5 Å². The minimum absolute atomic E-state index is 0.0269. The van der Waals surface area contributed by atoms with Gasteiger partial charge in [0, 0.05) is 43.5 Å². The van der Waals surface area contributed by atoms with Gasteiger partial charge in [0.15, 0.2) is 17.3 Å². The molecule has 0 N–H and O–H groups in total. The zero-order chi connectivity index (χ0) is 25.6. The molecule has 10 heteroatoms. The summed E-state index contributed by atoms with van der Waals surface area (Å²) in [6.07, 6.45) is 3.19. The van der Waals surface area contributed by atoms with Crippen molar-refractivity contribution in [3.63, 3.8) is 0 Å². The quantitative estimate of drug-likeness (QED) is 0.599. The van der Waals surface area contributed by atoms with Crippen LogP contribution in [0.15, 0.2) is 12.1 Å². The number of amides is 2. The standard InChI is InChI=1S/C26H31F3N4O3/c1-15-12-32(13-16(2)36-15)26(35)25-19-4-3-5-22(19)33(30-25)14-23(34)31-8-6-17(7-9-31)20-10-18(27)11-21(28)24(20)29/h10-11,15-17H,3-9,12-14H2,1-2H3/t15-,16+. The van der Waals surface area contributed by atoms with E-state index in [0.29, 0.717) is 50.8 Å². The van der Waals surface area contributed by atoms with E-state index in [1.165, 1.54) is 0 Å². The van der Waals surface area contributed by atoms with Crippen molar-refractivity contribution in [3.8, 4) is 0 Å². The van der Waals surface area contributed by atoms with Crippen LogP contribution in [0.4, 0.5) is 13.2 Å². The van der Waals surface area contributed by atoms with Crippen LogP contribution in [0.1, 0.15) is 66.3 Å². The molecule has 36 heavy (non-hydrogen) atoms. The number of likely N-dealkylation sites (tertiary alicyclic amines) is 1. The number of fused-ring (bicyclic) bond motifs is 1. The maximum Gasteiger partial charge on any atom is 0.274 e. The molecule has 0 radical (unpaired) electrons. The Bertz CT molecular complexity index is 1170. The summed E-state index contributed by atoms with van der Waals surface area (Å²) in [5.41, 5.74) is 2.33. The highest BCUT2D eigenvalue weighted by atomic mass is 19.2. The molecule has 0 spiro atoms. The molecule has 1 aliphatic carbocycles. The van der Waals surface area contributed by atoms with Crippen molar-refractivity contribution in [2.75, 3.05) is 26.2 Å². The first-order valence-electron chi connectivity index (χ1n) is 12.7. The monoisotopic (exact) mass is 504 g/mol. The predicted octanol–water partition coefficient (Wildman–Crippen LogP) is 3.44. The molecular formula is C26H31F3N4O3. The third-order valence-electron chi connectivity index (χ3n) is 7.51. The van der Waals surface area contributed by atoms with E-state index in [-0.39, 0.29) is 42.0 Å².